The van der Waals surface area contributed by atoms with Gasteiger partial charge in [-0.1, -0.05) is 23.9 Å². The van der Waals surface area contributed by atoms with Gasteiger partial charge in [0.25, 0.3) is 11.1 Å². The van der Waals surface area contributed by atoms with Gasteiger partial charge in [-0.2, -0.15) is 18.3 Å². The number of pyridine rings is 1. The molecule has 160 valence electrons. The first-order chi connectivity index (χ1) is 14.6. The number of thioether (sulfide) groups is 1. The Morgan fingerprint density at radius 3 is 2.42 bits per heavy atom. The van der Waals surface area contributed by atoms with Crippen molar-refractivity contribution in [1.29, 1.82) is 0 Å². The molecular weight excluding hydrogens is 445 g/mol. The van der Waals surface area contributed by atoms with E-state index in [9.17, 15) is 31.5 Å². The van der Waals surface area contributed by atoms with E-state index < -0.39 is 40.0 Å². The number of H-pyrrole nitrogens is 1. The second-order valence-electron chi connectivity index (χ2n) is 6.27. The first-order valence-electron chi connectivity index (χ1n) is 8.49. The van der Waals surface area contributed by atoms with Crippen LogP contribution in [-0.4, -0.2) is 24.4 Å². The summed E-state index contributed by atoms with van der Waals surface area (Å²) in [4.78, 5) is 26.3. The zero-order valence-corrected chi connectivity index (χ0v) is 16.0. The summed E-state index contributed by atoms with van der Waals surface area (Å²) in [6.07, 6.45) is -2.63. The molecule has 0 radical (unpaired) electrons. The SMILES string of the molecule is O=c1[nH]cc(-n2c(SCc3ccc(C(F)(F)F)cc3)nn3ncc(F)c3c2=O)cc1F. The molecule has 0 atom stereocenters. The highest BCUT2D eigenvalue weighted by Crippen LogP contribution is 2.30. The van der Waals surface area contributed by atoms with E-state index in [1.54, 1.807) is 0 Å². The highest BCUT2D eigenvalue weighted by atomic mass is 32.2. The van der Waals surface area contributed by atoms with Crippen LogP contribution in [0.25, 0.3) is 11.2 Å². The minimum atomic E-state index is -4.47. The Labute approximate surface area is 173 Å². The van der Waals surface area contributed by atoms with Gasteiger partial charge in [-0.25, -0.2) is 8.78 Å². The van der Waals surface area contributed by atoms with E-state index in [4.69, 9.17) is 0 Å². The van der Waals surface area contributed by atoms with Crippen molar-refractivity contribution < 1.29 is 22.0 Å². The lowest BCUT2D eigenvalue weighted by molar-refractivity contribution is -0.137. The molecule has 1 N–H and O–H groups in total. The second kappa shape index (κ2) is 7.65. The van der Waals surface area contributed by atoms with Crippen LogP contribution in [0.2, 0.25) is 0 Å². The summed E-state index contributed by atoms with van der Waals surface area (Å²) in [7, 11) is 0. The Balaban J connectivity index is 1.77. The number of hydrogen-bond acceptors (Lipinski definition) is 5. The lowest BCUT2D eigenvalue weighted by atomic mass is 10.1. The summed E-state index contributed by atoms with van der Waals surface area (Å²) in [5.41, 5.74) is -2.86. The summed E-state index contributed by atoms with van der Waals surface area (Å²) < 4.78 is 67.6. The predicted octanol–water partition coefficient (Wildman–Crippen LogP) is 3.16. The van der Waals surface area contributed by atoms with Crippen LogP contribution in [0, 0.1) is 11.6 Å². The average molecular weight is 455 g/mol. The normalized spacial score (nSPS) is 11.9. The first kappa shape index (κ1) is 20.8. The molecule has 31 heavy (non-hydrogen) atoms. The molecule has 0 aliphatic heterocycles. The molecule has 0 amide bonds. The molecule has 0 aliphatic rings. The van der Waals surface area contributed by atoms with E-state index >= 15 is 0 Å². The summed E-state index contributed by atoms with van der Waals surface area (Å²) in [6, 6.07) is 5.16. The van der Waals surface area contributed by atoms with E-state index in [2.05, 4.69) is 15.2 Å². The maximum Gasteiger partial charge on any atom is 0.416 e. The molecule has 0 bridgehead atoms. The quantitative estimate of drug-likeness (QED) is 0.378. The standard InChI is InChI=1S/C18H10F5N5O2S/c19-12-5-11(6-24-15(12)29)27-16(30)14-13(20)7-25-28(14)26-17(27)31-8-9-1-3-10(4-2-9)18(21,22)23/h1-7H,8H2,(H,24,29). The number of aromatic nitrogens is 5. The Morgan fingerprint density at radius 1 is 1.06 bits per heavy atom. The third-order valence-corrected chi connectivity index (χ3v) is 5.23. The summed E-state index contributed by atoms with van der Waals surface area (Å²) in [5.74, 6) is -2.03. The van der Waals surface area contributed by atoms with Gasteiger partial charge in [-0.05, 0) is 17.7 Å². The fourth-order valence-electron chi connectivity index (χ4n) is 2.74. The lowest BCUT2D eigenvalue weighted by Crippen LogP contribution is -2.26. The van der Waals surface area contributed by atoms with Crippen LogP contribution in [0.4, 0.5) is 22.0 Å². The molecule has 3 aromatic heterocycles. The van der Waals surface area contributed by atoms with Crippen LogP contribution in [0.15, 0.2) is 57.5 Å². The van der Waals surface area contributed by atoms with Crippen molar-refractivity contribution >= 4 is 17.3 Å². The third-order valence-electron chi connectivity index (χ3n) is 4.23. The Kier molecular flexibility index (Phi) is 5.13. The van der Waals surface area contributed by atoms with Crippen molar-refractivity contribution in [2.45, 2.75) is 17.1 Å². The van der Waals surface area contributed by atoms with Crippen LogP contribution in [0.5, 0.6) is 0 Å². The lowest BCUT2D eigenvalue weighted by Gasteiger charge is -2.12. The van der Waals surface area contributed by atoms with E-state index in [0.717, 1.165) is 51.6 Å². The smallest absolute Gasteiger partial charge is 0.324 e. The molecule has 0 saturated carbocycles. The van der Waals surface area contributed by atoms with Gasteiger partial charge in [0, 0.05) is 18.0 Å². The van der Waals surface area contributed by atoms with Gasteiger partial charge in [-0.3, -0.25) is 14.2 Å². The first-order valence-corrected chi connectivity index (χ1v) is 9.48. The highest BCUT2D eigenvalue weighted by Gasteiger charge is 2.30. The molecule has 1 aromatic carbocycles. The number of nitrogens with one attached hydrogen (secondary N) is 1. The molecule has 4 aromatic rings. The molecule has 7 nitrogen and oxygen atoms in total. The molecule has 3 heterocycles. The minimum Gasteiger partial charge on any atom is -0.324 e. The second-order valence-corrected chi connectivity index (χ2v) is 7.21. The van der Waals surface area contributed by atoms with Gasteiger partial charge >= 0.3 is 6.18 Å². The van der Waals surface area contributed by atoms with Gasteiger partial charge in [0.05, 0.1) is 17.4 Å². The van der Waals surface area contributed by atoms with Crippen molar-refractivity contribution in [3.8, 4) is 5.69 Å². The van der Waals surface area contributed by atoms with Crippen LogP contribution in [0.1, 0.15) is 11.1 Å². The largest absolute Gasteiger partial charge is 0.416 e. The molecule has 0 fully saturated rings. The van der Waals surface area contributed by atoms with Crippen LogP contribution in [-0.2, 0) is 11.9 Å². The topological polar surface area (TPSA) is 85.1 Å². The predicted molar refractivity (Wildman–Crippen MR) is 100 cm³/mol. The number of alkyl halides is 3. The van der Waals surface area contributed by atoms with Crippen LogP contribution >= 0.6 is 11.8 Å². The van der Waals surface area contributed by atoms with Gasteiger partial charge in [0.2, 0.25) is 0 Å². The van der Waals surface area contributed by atoms with Crippen LogP contribution < -0.4 is 11.1 Å². The molecule has 4 rings (SSSR count). The zero-order valence-electron chi connectivity index (χ0n) is 15.2. The Morgan fingerprint density at radius 2 is 1.77 bits per heavy atom. The van der Waals surface area contributed by atoms with Crippen molar-refractivity contribution in [3.63, 3.8) is 0 Å². The number of benzene rings is 1. The van der Waals surface area contributed by atoms with E-state index in [0.29, 0.717) is 5.56 Å². The number of hydrogen-bond donors (Lipinski definition) is 1. The Bertz CT molecular complexity index is 1390. The number of aromatic amines is 1. The molecule has 0 unspecified atom stereocenters. The third kappa shape index (κ3) is 3.95. The fourth-order valence-corrected chi connectivity index (χ4v) is 3.68. The number of fused-ring (bicyclic) bond motifs is 1. The maximum absolute atomic E-state index is 14.0. The van der Waals surface area contributed by atoms with Gasteiger partial charge in [0.1, 0.15) is 0 Å². The van der Waals surface area contributed by atoms with E-state index in [-0.39, 0.29) is 16.6 Å². The van der Waals surface area contributed by atoms with Gasteiger partial charge in [0.15, 0.2) is 22.3 Å². The van der Waals surface area contributed by atoms with Gasteiger partial charge < -0.3 is 4.98 Å². The average Bonchev–Trinajstić information content (AvgIpc) is 3.09. The summed E-state index contributed by atoms with van der Waals surface area (Å²) in [5, 5.41) is 7.65. The van der Waals surface area contributed by atoms with Crippen molar-refractivity contribution in [3.05, 3.63) is 86.2 Å². The molecular formula is C18H10F5N5O2S. The number of rotatable bonds is 4. The van der Waals surface area contributed by atoms with Crippen molar-refractivity contribution in [2.75, 3.05) is 0 Å². The summed E-state index contributed by atoms with van der Waals surface area (Å²) >= 11 is 0.930. The summed E-state index contributed by atoms with van der Waals surface area (Å²) in [6.45, 7) is 0. The highest BCUT2D eigenvalue weighted by molar-refractivity contribution is 7.98. The van der Waals surface area contributed by atoms with Crippen molar-refractivity contribution in [2.24, 2.45) is 0 Å². The minimum absolute atomic E-state index is 0.0491. The maximum atomic E-state index is 14.0. The van der Waals surface area contributed by atoms with Crippen molar-refractivity contribution in [1.82, 2.24) is 24.4 Å². The number of halogens is 5. The number of nitrogens with zero attached hydrogens (tertiary/aromatic N) is 4. The van der Waals surface area contributed by atoms with Crippen LogP contribution in [0.3, 0.4) is 0 Å². The zero-order chi connectivity index (χ0) is 22.3. The molecule has 13 heteroatoms. The van der Waals surface area contributed by atoms with Gasteiger partial charge in [-0.15, -0.1) is 9.73 Å². The molecule has 0 aliphatic carbocycles. The Hall–Kier alpha value is -3.48. The fraction of sp³-hybridized carbons (Fsp3) is 0.111. The van der Waals surface area contributed by atoms with E-state index in [1.165, 1.54) is 12.1 Å². The molecule has 0 saturated heterocycles. The monoisotopic (exact) mass is 455 g/mol. The van der Waals surface area contributed by atoms with E-state index in [1.807, 2.05) is 0 Å². The molecule has 0 spiro atoms.